The SMILES string of the molecule is CCCCCCCCCCCCCCCCOc1ccc(NCc2ccc(N(c3ccc(CNc4ccc(OCCCCCCCCCCCCCCCC)c(OCCCCCCCCCCCCCCCC)c4)cc3)c3ccc(CNc4ccc(OCCCCCCCCCCCCCCCC)c(OCCCCCCCCCCCCCCCC)c4)cc3)cc2)cc1OCCCCCCCCCCCCCCCC. The van der Waals surface area contributed by atoms with Crippen LogP contribution in [0.4, 0.5) is 34.1 Å². The first-order valence-electron chi connectivity index (χ1n) is 63.4. The Hall–Kier alpha value is -6.68. The van der Waals surface area contributed by atoms with E-state index < -0.39 is 0 Å². The Morgan fingerprint density at radius 3 is 0.421 bits per heavy atom. The number of hydrogen-bond acceptors (Lipinski definition) is 10. The molecule has 0 bridgehead atoms. The molecule has 6 rings (SSSR count). The Kier molecular flexibility index (Phi) is 82.8. The largest absolute Gasteiger partial charge is 0.490 e. The van der Waals surface area contributed by atoms with Crippen molar-refractivity contribution >= 4 is 34.1 Å². The highest BCUT2D eigenvalue weighted by Gasteiger charge is 2.18. The number of nitrogens with zero attached hydrogens (tertiary/aromatic N) is 1. The molecule has 0 atom stereocenters. The summed E-state index contributed by atoms with van der Waals surface area (Å²) in [7, 11) is 0. The summed E-state index contributed by atoms with van der Waals surface area (Å²) < 4.78 is 39.9. The van der Waals surface area contributed by atoms with E-state index in [1.165, 1.54) is 518 Å². The van der Waals surface area contributed by atoms with Gasteiger partial charge in [-0.25, -0.2) is 0 Å². The summed E-state index contributed by atoms with van der Waals surface area (Å²) in [5.74, 6) is 5.13. The third-order valence-electron chi connectivity index (χ3n) is 30.4. The topological polar surface area (TPSA) is 94.7 Å². The van der Waals surface area contributed by atoms with Crippen LogP contribution in [0, 0.1) is 0 Å². The molecule has 0 aromatic heterocycles. The van der Waals surface area contributed by atoms with Gasteiger partial charge in [-0.1, -0.05) is 579 Å². The van der Waals surface area contributed by atoms with Gasteiger partial charge in [0.2, 0.25) is 0 Å². The molecule has 0 aliphatic heterocycles. The monoisotopic (exact) mass is 2000 g/mol. The minimum absolute atomic E-state index is 0.673. The van der Waals surface area contributed by atoms with Crippen molar-refractivity contribution in [3.8, 4) is 34.5 Å². The van der Waals surface area contributed by atoms with Crippen LogP contribution in [0.1, 0.15) is 598 Å². The summed E-state index contributed by atoms with van der Waals surface area (Å²) in [6, 6.07) is 47.0. The van der Waals surface area contributed by atoms with Gasteiger partial charge in [-0.2, -0.15) is 0 Å². The maximum atomic E-state index is 6.70. The summed E-state index contributed by atoms with van der Waals surface area (Å²) >= 11 is 0. The summed E-state index contributed by atoms with van der Waals surface area (Å²) in [5.41, 5.74) is 10.0. The number of rotatable bonds is 108. The molecule has 0 unspecified atom stereocenters. The molecule has 0 amide bonds. The van der Waals surface area contributed by atoms with E-state index in [-0.39, 0.29) is 0 Å². The van der Waals surface area contributed by atoms with Gasteiger partial charge in [0.15, 0.2) is 34.5 Å². The van der Waals surface area contributed by atoms with E-state index in [9.17, 15) is 0 Å². The lowest BCUT2D eigenvalue weighted by Crippen LogP contribution is -2.11. The molecule has 824 valence electrons. The number of anilines is 6. The highest BCUT2D eigenvalue weighted by Crippen LogP contribution is 2.39. The van der Waals surface area contributed by atoms with Gasteiger partial charge in [0.05, 0.1) is 39.6 Å². The Labute approximate surface area is 896 Å². The predicted molar refractivity (Wildman–Crippen MR) is 637 cm³/mol. The lowest BCUT2D eigenvalue weighted by Gasteiger charge is -2.26. The first-order chi connectivity index (χ1) is 71.9. The highest BCUT2D eigenvalue weighted by molar-refractivity contribution is 5.77. The molecule has 10 nitrogen and oxygen atoms in total. The number of benzene rings is 6. The van der Waals surface area contributed by atoms with Crippen molar-refractivity contribution in [2.75, 3.05) is 60.5 Å². The number of nitrogens with one attached hydrogen (secondary N) is 3. The Bertz CT molecular complexity index is 3400. The lowest BCUT2D eigenvalue weighted by atomic mass is 10.0. The smallest absolute Gasteiger partial charge is 0.163 e. The standard InChI is InChI=1S/C135H228N4O6/c1-7-13-19-25-31-37-43-49-55-61-67-73-79-85-109-140-130-106-97-124(115-133(130)143-112-88-82-76-70-64-58-52-46-40-34-28-22-16-10-4)136-118-121-91-100-127(101-92-121)139(128-102-93-122(94-103-128)119-137-125-98-107-131(141-110-86-80-74-68-62-56-50-44-38-32-26-20-14-8-2)134(116-125)144-113-89-83-77-71-65-59-53-47-41-35-29-23-17-11-5)129-104-95-123(96-105-129)120-138-126-99-108-132(142-111-87-81-75-69-63-57-51-45-39-33-27-21-15-9-3)135(117-126)145-114-90-84-78-72-66-60-54-48-42-36-30-24-18-12-6/h91-108,115-117,136-138H,7-90,109-114,118-120H2,1-6H3. The van der Waals surface area contributed by atoms with Gasteiger partial charge < -0.3 is 49.3 Å². The number of hydrogen-bond donors (Lipinski definition) is 3. The summed E-state index contributed by atoms with van der Waals surface area (Å²) in [6.45, 7) is 20.1. The third kappa shape index (κ3) is 68.7. The Balaban J connectivity index is 1.15. The second kappa shape index (κ2) is 94.5. The molecule has 0 fully saturated rings. The molecule has 0 spiro atoms. The number of ether oxygens (including phenoxy) is 6. The molecule has 0 saturated heterocycles. The molecule has 3 N–H and O–H groups in total. The first kappa shape index (κ1) is 127. The van der Waals surface area contributed by atoms with E-state index in [0.29, 0.717) is 39.5 Å². The fourth-order valence-electron chi connectivity index (χ4n) is 20.8. The van der Waals surface area contributed by atoms with E-state index in [1.54, 1.807) is 0 Å². The fraction of sp³-hybridized carbons (Fsp3) is 0.733. The van der Waals surface area contributed by atoms with E-state index in [1.807, 2.05) is 0 Å². The fourth-order valence-corrected chi connectivity index (χ4v) is 20.8. The van der Waals surface area contributed by atoms with Gasteiger partial charge in [0, 0.05) is 72.0 Å². The molecule has 145 heavy (non-hydrogen) atoms. The molecule has 0 saturated carbocycles. The van der Waals surface area contributed by atoms with Gasteiger partial charge in [-0.3, -0.25) is 0 Å². The maximum absolute atomic E-state index is 6.70. The molecule has 0 heterocycles. The van der Waals surface area contributed by atoms with Crippen LogP contribution in [-0.4, -0.2) is 39.6 Å². The minimum atomic E-state index is 0.673. The van der Waals surface area contributed by atoms with Crippen LogP contribution in [-0.2, 0) is 19.6 Å². The van der Waals surface area contributed by atoms with Crippen LogP contribution in [0.15, 0.2) is 127 Å². The van der Waals surface area contributed by atoms with E-state index >= 15 is 0 Å². The maximum Gasteiger partial charge on any atom is 0.163 e. The predicted octanol–water partition coefficient (Wildman–Crippen LogP) is 45.2. The van der Waals surface area contributed by atoms with Crippen molar-refractivity contribution in [3.05, 3.63) is 144 Å². The van der Waals surface area contributed by atoms with Crippen LogP contribution in [0.5, 0.6) is 34.5 Å². The minimum Gasteiger partial charge on any atom is -0.490 e. The van der Waals surface area contributed by atoms with Crippen molar-refractivity contribution in [2.24, 2.45) is 0 Å². The zero-order valence-corrected chi connectivity index (χ0v) is 95.8. The zero-order valence-electron chi connectivity index (χ0n) is 95.8. The molecule has 10 heteroatoms. The molecular formula is C135H228N4O6. The van der Waals surface area contributed by atoms with Crippen molar-refractivity contribution in [2.45, 2.75) is 601 Å². The number of unbranched alkanes of at least 4 members (excludes halogenated alkanes) is 78. The lowest BCUT2D eigenvalue weighted by molar-refractivity contribution is 0.258. The van der Waals surface area contributed by atoms with Crippen molar-refractivity contribution < 1.29 is 28.4 Å². The van der Waals surface area contributed by atoms with Gasteiger partial charge in [0.25, 0.3) is 0 Å². The molecule has 0 radical (unpaired) electrons. The molecule has 6 aromatic rings. The van der Waals surface area contributed by atoms with E-state index in [4.69, 9.17) is 28.4 Å². The average Bonchev–Trinajstić information content (AvgIpc) is 0.801. The molecule has 6 aromatic carbocycles. The second-order valence-electron chi connectivity index (χ2n) is 44.0. The van der Waals surface area contributed by atoms with E-state index in [2.05, 4.69) is 190 Å². The molecule has 0 aliphatic carbocycles. The van der Waals surface area contributed by atoms with E-state index in [0.717, 1.165) is 127 Å². The van der Waals surface area contributed by atoms with Gasteiger partial charge in [-0.05, 0) is 128 Å². The third-order valence-corrected chi connectivity index (χ3v) is 30.4. The van der Waals surface area contributed by atoms with Crippen LogP contribution in [0.2, 0.25) is 0 Å². The quantitative estimate of drug-likeness (QED) is 0.0321. The molecule has 0 aliphatic rings. The van der Waals surface area contributed by atoms with Crippen LogP contribution < -0.4 is 49.3 Å². The van der Waals surface area contributed by atoms with Crippen LogP contribution >= 0.6 is 0 Å². The van der Waals surface area contributed by atoms with Crippen molar-refractivity contribution in [1.82, 2.24) is 0 Å². The summed E-state index contributed by atoms with van der Waals surface area (Å²) in [6.07, 6.45) is 113. The van der Waals surface area contributed by atoms with Gasteiger partial charge in [0.1, 0.15) is 0 Å². The summed E-state index contributed by atoms with van der Waals surface area (Å²) in [5, 5.41) is 11.4. The Morgan fingerprint density at radius 1 is 0.145 bits per heavy atom. The summed E-state index contributed by atoms with van der Waals surface area (Å²) in [4.78, 5) is 2.41. The average molecular weight is 2000 g/mol. The highest BCUT2D eigenvalue weighted by atomic mass is 16.5. The van der Waals surface area contributed by atoms with Gasteiger partial charge >= 0.3 is 0 Å². The van der Waals surface area contributed by atoms with Crippen molar-refractivity contribution in [1.29, 1.82) is 0 Å². The molecular weight excluding hydrogens is 1770 g/mol. The second-order valence-corrected chi connectivity index (χ2v) is 44.0. The first-order valence-corrected chi connectivity index (χ1v) is 63.4. The van der Waals surface area contributed by atoms with Crippen LogP contribution in [0.25, 0.3) is 0 Å². The van der Waals surface area contributed by atoms with Gasteiger partial charge in [-0.15, -0.1) is 0 Å². The zero-order chi connectivity index (χ0) is 102. The van der Waals surface area contributed by atoms with Crippen LogP contribution in [0.3, 0.4) is 0 Å². The Morgan fingerprint density at radius 2 is 0.276 bits per heavy atom. The normalized spacial score (nSPS) is 11.5. The van der Waals surface area contributed by atoms with Crippen molar-refractivity contribution in [3.63, 3.8) is 0 Å².